The maximum absolute atomic E-state index is 6.57. The van der Waals surface area contributed by atoms with E-state index in [-0.39, 0.29) is 5.67 Å². The van der Waals surface area contributed by atoms with E-state index in [1.165, 1.54) is 57.8 Å². The van der Waals surface area contributed by atoms with Gasteiger partial charge in [0.1, 0.15) is 0 Å². The molecule has 0 fully saturated rings. The summed E-state index contributed by atoms with van der Waals surface area (Å²) in [5, 5.41) is 0. The summed E-state index contributed by atoms with van der Waals surface area (Å²) < 4.78 is 19.1. The first-order valence-electron chi connectivity index (χ1n) is 11.8. The third kappa shape index (κ3) is 13.8. The third-order valence-corrected chi connectivity index (χ3v) is 7.97. The summed E-state index contributed by atoms with van der Waals surface area (Å²) in [5.41, 5.74) is 6.47. The van der Waals surface area contributed by atoms with Crippen molar-refractivity contribution in [2.24, 2.45) is 5.73 Å². The van der Waals surface area contributed by atoms with E-state index >= 15 is 0 Å². The van der Waals surface area contributed by atoms with Crippen LogP contribution in [-0.4, -0.2) is 34.3 Å². The summed E-state index contributed by atoms with van der Waals surface area (Å²) in [6.45, 7) is 11.0. The number of unbranched alkanes of at least 4 members (excludes halogenated alkanes) is 9. The fourth-order valence-electron chi connectivity index (χ4n) is 3.16. The molecule has 5 heteroatoms. The fraction of sp³-hybridized carbons (Fsp3) is 1.00. The summed E-state index contributed by atoms with van der Waals surface area (Å²) in [6.07, 6.45) is 16.3. The zero-order chi connectivity index (χ0) is 20.2. The van der Waals surface area contributed by atoms with Gasteiger partial charge in [0.2, 0.25) is 0 Å². The highest BCUT2D eigenvalue weighted by Gasteiger charge is 2.47. The van der Waals surface area contributed by atoms with E-state index in [2.05, 4.69) is 27.7 Å². The molecule has 0 amide bonds. The maximum Gasteiger partial charge on any atom is 0.518 e. The fourth-order valence-corrected chi connectivity index (χ4v) is 5.98. The van der Waals surface area contributed by atoms with Crippen LogP contribution in [0.25, 0.3) is 0 Å². The van der Waals surface area contributed by atoms with E-state index in [0.29, 0.717) is 19.8 Å². The maximum atomic E-state index is 6.57. The minimum Gasteiger partial charge on any atom is -0.373 e. The van der Waals surface area contributed by atoms with E-state index < -0.39 is 8.80 Å². The van der Waals surface area contributed by atoms with Crippen LogP contribution in [-0.2, 0) is 13.3 Å². The van der Waals surface area contributed by atoms with Gasteiger partial charge in [0.25, 0.3) is 0 Å². The molecule has 0 bridgehead atoms. The number of hydrogen-bond acceptors (Lipinski definition) is 4. The molecule has 0 aromatic heterocycles. The first kappa shape index (κ1) is 27.1. The van der Waals surface area contributed by atoms with Crippen molar-refractivity contribution in [3.63, 3.8) is 0 Å². The van der Waals surface area contributed by atoms with Crippen molar-refractivity contribution in [2.75, 3.05) is 19.8 Å². The molecule has 27 heavy (non-hydrogen) atoms. The Balaban J connectivity index is 4.77. The summed E-state index contributed by atoms with van der Waals surface area (Å²) in [6, 6.07) is 0. The zero-order valence-corrected chi connectivity index (χ0v) is 19.9. The van der Waals surface area contributed by atoms with Gasteiger partial charge in [-0.05, 0) is 25.7 Å². The van der Waals surface area contributed by atoms with Gasteiger partial charge in [-0.2, -0.15) is 0 Å². The molecule has 0 saturated carbocycles. The molecule has 0 aliphatic carbocycles. The lowest BCUT2D eigenvalue weighted by molar-refractivity contribution is 0.0459. The van der Waals surface area contributed by atoms with Gasteiger partial charge in [-0.1, -0.05) is 91.9 Å². The summed E-state index contributed by atoms with van der Waals surface area (Å²) in [5.74, 6) is 0. The van der Waals surface area contributed by atoms with E-state index in [4.69, 9.17) is 19.0 Å². The van der Waals surface area contributed by atoms with Crippen LogP contribution in [0.2, 0.25) is 0 Å². The molecule has 1 unspecified atom stereocenters. The molecule has 0 aromatic carbocycles. The Morgan fingerprint density at radius 1 is 0.556 bits per heavy atom. The molecule has 0 aromatic rings. The average molecular weight is 404 g/mol. The second kappa shape index (κ2) is 19.4. The van der Waals surface area contributed by atoms with Crippen LogP contribution in [0, 0.1) is 0 Å². The minimum absolute atomic E-state index is 0.106. The quantitative estimate of drug-likeness (QED) is 0.178. The molecule has 1 atom stereocenters. The standard InChI is InChI=1S/C22H49NO3Si/c1-5-9-12-15-19-24-27(22(23)18-8-4,25-20-16-13-10-6-2)26-21-17-14-11-7-3/h22H,5-21,23H2,1-4H3. The van der Waals surface area contributed by atoms with Gasteiger partial charge >= 0.3 is 8.80 Å². The zero-order valence-electron chi connectivity index (χ0n) is 18.9. The van der Waals surface area contributed by atoms with Gasteiger partial charge in [0.05, 0.1) is 5.67 Å². The van der Waals surface area contributed by atoms with Crippen molar-refractivity contribution in [1.82, 2.24) is 0 Å². The Morgan fingerprint density at radius 3 is 1.22 bits per heavy atom. The molecular formula is C22H49NO3Si. The largest absolute Gasteiger partial charge is 0.518 e. The van der Waals surface area contributed by atoms with E-state index in [9.17, 15) is 0 Å². The molecule has 0 spiro atoms. The van der Waals surface area contributed by atoms with Crippen molar-refractivity contribution < 1.29 is 13.3 Å². The minimum atomic E-state index is -2.82. The first-order chi connectivity index (χ1) is 13.2. The molecule has 0 saturated heterocycles. The van der Waals surface area contributed by atoms with Gasteiger partial charge in [-0.3, -0.25) is 0 Å². The molecular weight excluding hydrogens is 354 g/mol. The predicted molar refractivity (Wildman–Crippen MR) is 119 cm³/mol. The second-order valence-electron chi connectivity index (χ2n) is 7.73. The first-order valence-corrected chi connectivity index (χ1v) is 13.6. The second-order valence-corrected chi connectivity index (χ2v) is 10.5. The Hall–Kier alpha value is 0.0569. The Bertz CT molecular complexity index is 269. The lowest BCUT2D eigenvalue weighted by atomic mass is 10.2. The van der Waals surface area contributed by atoms with Crippen molar-refractivity contribution in [2.45, 2.75) is 123 Å². The number of rotatable bonds is 21. The molecule has 0 aliphatic heterocycles. The molecule has 0 rings (SSSR count). The molecule has 0 radical (unpaired) electrons. The number of nitrogens with two attached hydrogens (primary N) is 1. The van der Waals surface area contributed by atoms with Crippen LogP contribution in [0.3, 0.4) is 0 Å². The smallest absolute Gasteiger partial charge is 0.373 e. The topological polar surface area (TPSA) is 53.7 Å². The van der Waals surface area contributed by atoms with Crippen LogP contribution < -0.4 is 5.73 Å². The molecule has 164 valence electrons. The molecule has 0 aliphatic rings. The summed E-state index contributed by atoms with van der Waals surface area (Å²) in [4.78, 5) is 0. The van der Waals surface area contributed by atoms with Crippen LogP contribution >= 0.6 is 0 Å². The van der Waals surface area contributed by atoms with Gasteiger partial charge in [0, 0.05) is 19.8 Å². The van der Waals surface area contributed by atoms with E-state index in [1.54, 1.807) is 0 Å². The molecule has 0 heterocycles. The van der Waals surface area contributed by atoms with Crippen LogP contribution in [0.5, 0.6) is 0 Å². The normalized spacial score (nSPS) is 13.2. The van der Waals surface area contributed by atoms with Crippen molar-refractivity contribution in [3.05, 3.63) is 0 Å². The van der Waals surface area contributed by atoms with Crippen LogP contribution in [0.15, 0.2) is 0 Å². The third-order valence-electron chi connectivity index (χ3n) is 4.96. The highest BCUT2D eigenvalue weighted by molar-refractivity contribution is 6.62. The van der Waals surface area contributed by atoms with Crippen LogP contribution in [0.4, 0.5) is 0 Å². The number of hydrogen-bond donors (Lipinski definition) is 1. The molecule has 2 N–H and O–H groups in total. The monoisotopic (exact) mass is 403 g/mol. The Labute approximate surface area is 171 Å². The van der Waals surface area contributed by atoms with E-state index in [0.717, 1.165) is 32.1 Å². The van der Waals surface area contributed by atoms with Gasteiger partial charge in [-0.15, -0.1) is 0 Å². The lowest BCUT2D eigenvalue weighted by Crippen LogP contribution is -2.60. The SMILES string of the molecule is CCCCCCO[Si](OCCCCCC)(OCCCCCC)C(N)CCC. The Morgan fingerprint density at radius 2 is 0.926 bits per heavy atom. The predicted octanol–water partition coefficient (Wildman–Crippen LogP) is 6.38. The van der Waals surface area contributed by atoms with Gasteiger partial charge < -0.3 is 19.0 Å². The molecule has 4 nitrogen and oxygen atoms in total. The van der Waals surface area contributed by atoms with Gasteiger partial charge in [0.15, 0.2) is 0 Å². The van der Waals surface area contributed by atoms with Gasteiger partial charge in [-0.25, -0.2) is 0 Å². The Kier molecular flexibility index (Phi) is 19.4. The summed E-state index contributed by atoms with van der Waals surface area (Å²) in [7, 11) is -2.82. The van der Waals surface area contributed by atoms with Crippen molar-refractivity contribution in [1.29, 1.82) is 0 Å². The van der Waals surface area contributed by atoms with Crippen molar-refractivity contribution >= 4 is 8.80 Å². The highest BCUT2D eigenvalue weighted by Crippen LogP contribution is 2.20. The highest BCUT2D eigenvalue weighted by atomic mass is 28.4. The van der Waals surface area contributed by atoms with Crippen LogP contribution in [0.1, 0.15) is 118 Å². The van der Waals surface area contributed by atoms with Crippen molar-refractivity contribution in [3.8, 4) is 0 Å². The lowest BCUT2D eigenvalue weighted by Gasteiger charge is -2.34. The average Bonchev–Trinajstić information content (AvgIpc) is 2.67. The van der Waals surface area contributed by atoms with E-state index in [1.807, 2.05) is 0 Å². The summed E-state index contributed by atoms with van der Waals surface area (Å²) >= 11 is 0.